The van der Waals surface area contributed by atoms with Crippen molar-refractivity contribution in [3.63, 3.8) is 0 Å². The van der Waals surface area contributed by atoms with Crippen LogP contribution in [-0.2, 0) is 0 Å². The van der Waals surface area contributed by atoms with Gasteiger partial charge in [0.2, 0.25) is 5.71 Å². The van der Waals surface area contributed by atoms with Crippen LogP contribution >= 0.6 is 0 Å². The molecule has 1 aromatic carbocycles. The molecule has 4 rings (SSSR count). The predicted molar refractivity (Wildman–Crippen MR) is 99.6 cm³/mol. The molecule has 1 saturated heterocycles. The molecule has 1 aliphatic rings. The topological polar surface area (TPSA) is 64.5 Å². The second-order valence-corrected chi connectivity index (χ2v) is 6.50. The first-order chi connectivity index (χ1) is 12.3. The quantitative estimate of drug-likeness (QED) is 0.764. The van der Waals surface area contributed by atoms with Crippen molar-refractivity contribution in [2.45, 2.75) is 19.3 Å². The molecule has 2 aromatic heterocycles. The van der Waals surface area contributed by atoms with E-state index < -0.39 is 0 Å². The van der Waals surface area contributed by atoms with Crippen LogP contribution in [0.2, 0.25) is 0 Å². The molecule has 25 heavy (non-hydrogen) atoms. The van der Waals surface area contributed by atoms with Gasteiger partial charge in [0, 0.05) is 24.0 Å². The molecule has 130 valence electrons. The Hall–Kier alpha value is -2.53. The van der Waals surface area contributed by atoms with E-state index in [1.54, 1.807) is 12.3 Å². The average Bonchev–Trinajstić information content (AvgIpc) is 3.09. The third-order valence-corrected chi connectivity index (χ3v) is 4.73. The number of hydrogen-bond acceptors (Lipinski definition) is 5. The monoisotopic (exact) mass is 337 g/mol. The molecular weight excluding hydrogens is 314 g/mol. The van der Waals surface area contributed by atoms with Gasteiger partial charge in [-0.05, 0) is 62.3 Å². The Morgan fingerprint density at radius 3 is 2.64 bits per heavy atom. The van der Waals surface area contributed by atoms with Gasteiger partial charge in [-0.1, -0.05) is 6.42 Å². The highest BCUT2D eigenvalue weighted by Crippen LogP contribution is 2.30. The SMILES string of the molecule is Nc1ccnc2oc(-c3ccc(OCCN4CCCCC4)cc3)cc12. The minimum Gasteiger partial charge on any atom is -0.492 e. The van der Waals surface area contributed by atoms with Crippen LogP contribution in [0.15, 0.2) is 47.0 Å². The van der Waals surface area contributed by atoms with E-state index in [1.807, 2.05) is 30.3 Å². The molecule has 0 radical (unpaired) electrons. The number of anilines is 1. The van der Waals surface area contributed by atoms with Crippen molar-refractivity contribution in [2.24, 2.45) is 0 Å². The summed E-state index contributed by atoms with van der Waals surface area (Å²) in [6.07, 6.45) is 5.64. The smallest absolute Gasteiger partial charge is 0.228 e. The Morgan fingerprint density at radius 1 is 1.08 bits per heavy atom. The normalized spacial score (nSPS) is 15.5. The molecule has 0 atom stereocenters. The highest BCUT2D eigenvalue weighted by atomic mass is 16.5. The van der Waals surface area contributed by atoms with Gasteiger partial charge in [-0.2, -0.15) is 0 Å². The maximum absolute atomic E-state index is 5.96. The number of benzene rings is 1. The summed E-state index contributed by atoms with van der Waals surface area (Å²) >= 11 is 0. The number of nitrogen functional groups attached to an aromatic ring is 1. The first-order valence-electron chi connectivity index (χ1n) is 8.89. The largest absolute Gasteiger partial charge is 0.492 e. The summed E-state index contributed by atoms with van der Waals surface area (Å²) in [5.74, 6) is 1.65. The molecule has 0 saturated carbocycles. The summed E-state index contributed by atoms with van der Waals surface area (Å²) in [6, 6.07) is 11.7. The summed E-state index contributed by atoms with van der Waals surface area (Å²) in [7, 11) is 0. The molecule has 3 heterocycles. The second-order valence-electron chi connectivity index (χ2n) is 6.50. The number of furan rings is 1. The zero-order valence-corrected chi connectivity index (χ0v) is 14.3. The highest BCUT2D eigenvalue weighted by molar-refractivity contribution is 5.90. The van der Waals surface area contributed by atoms with Crippen LogP contribution in [0, 0.1) is 0 Å². The minimum atomic E-state index is 0.567. The van der Waals surface area contributed by atoms with Crippen LogP contribution in [0.1, 0.15) is 19.3 Å². The number of ether oxygens (including phenoxy) is 1. The van der Waals surface area contributed by atoms with E-state index in [2.05, 4.69) is 9.88 Å². The third kappa shape index (κ3) is 3.61. The lowest BCUT2D eigenvalue weighted by Gasteiger charge is -2.26. The lowest BCUT2D eigenvalue weighted by Crippen LogP contribution is -2.33. The van der Waals surface area contributed by atoms with Gasteiger partial charge in [0.15, 0.2) is 0 Å². The van der Waals surface area contributed by atoms with Crippen LogP contribution in [-0.4, -0.2) is 36.1 Å². The van der Waals surface area contributed by atoms with Crippen molar-refractivity contribution >= 4 is 16.8 Å². The van der Waals surface area contributed by atoms with Gasteiger partial charge in [0.05, 0.1) is 5.39 Å². The van der Waals surface area contributed by atoms with Gasteiger partial charge in [-0.15, -0.1) is 0 Å². The number of pyridine rings is 1. The molecule has 5 nitrogen and oxygen atoms in total. The Morgan fingerprint density at radius 2 is 1.88 bits per heavy atom. The molecule has 2 N–H and O–H groups in total. The van der Waals surface area contributed by atoms with Crippen molar-refractivity contribution in [1.82, 2.24) is 9.88 Å². The van der Waals surface area contributed by atoms with Gasteiger partial charge < -0.3 is 14.9 Å². The summed E-state index contributed by atoms with van der Waals surface area (Å²) in [5, 5.41) is 0.847. The fourth-order valence-corrected chi connectivity index (χ4v) is 3.29. The number of aromatic nitrogens is 1. The number of piperidine rings is 1. The van der Waals surface area contributed by atoms with Crippen molar-refractivity contribution in [2.75, 3.05) is 32.0 Å². The van der Waals surface area contributed by atoms with E-state index in [-0.39, 0.29) is 0 Å². The Labute approximate surface area is 147 Å². The molecule has 0 unspecified atom stereocenters. The van der Waals surface area contributed by atoms with E-state index in [0.717, 1.165) is 35.6 Å². The first kappa shape index (κ1) is 16.0. The van der Waals surface area contributed by atoms with E-state index in [4.69, 9.17) is 14.9 Å². The number of hydrogen-bond donors (Lipinski definition) is 1. The molecule has 0 aliphatic carbocycles. The van der Waals surface area contributed by atoms with E-state index >= 15 is 0 Å². The standard InChI is InChI=1S/C20H23N3O2/c21-18-8-9-22-20-17(18)14-19(25-20)15-4-6-16(7-5-15)24-13-12-23-10-2-1-3-11-23/h4-9,14H,1-3,10-13H2,(H2,21,22). The van der Waals surface area contributed by atoms with E-state index in [1.165, 1.54) is 32.4 Å². The number of nitrogens with two attached hydrogens (primary N) is 1. The van der Waals surface area contributed by atoms with Crippen molar-refractivity contribution in [3.05, 3.63) is 42.6 Å². The summed E-state index contributed by atoms with van der Waals surface area (Å²) in [4.78, 5) is 6.69. The Balaban J connectivity index is 1.39. The summed E-state index contributed by atoms with van der Waals surface area (Å²) < 4.78 is 11.7. The molecule has 1 aliphatic heterocycles. The number of likely N-dealkylation sites (tertiary alicyclic amines) is 1. The molecule has 3 aromatic rings. The average molecular weight is 337 g/mol. The number of nitrogens with zero attached hydrogens (tertiary/aromatic N) is 2. The maximum atomic E-state index is 5.96. The van der Waals surface area contributed by atoms with Crippen molar-refractivity contribution in [3.8, 4) is 17.1 Å². The fourth-order valence-electron chi connectivity index (χ4n) is 3.29. The maximum Gasteiger partial charge on any atom is 0.228 e. The number of fused-ring (bicyclic) bond motifs is 1. The molecular formula is C20H23N3O2. The lowest BCUT2D eigenvalue weighted by molar-refractivity contribution is 0.183. The van der Waals surface area contributed by atoms with Crippen molar-refractivity contribution < 1.29 is 9.15 Å². The predicted octanol–water partition coefficient (Wildman–Crippen LogP) is 3.94. The van der Waals surface area contributed by atoms with Gasteiger partial charge in [0.1, 0.15) is 18.1 Å². The van der Waals surface area contributed by atoms with Crippen LogP contribution in [0.4, 0.5) is 5.69 Å². The minimum absolute atomic E-state index is 0.567. The van der Waals surface area contributed by atoms with Gasteiger partial charge in [-0.3, -0.25) is 4.90 Å². The van der Waals surface area contributed by atoms with Crippen molar-refractivity contribution in [1.29, 1.82) is 0 Å². The Kier molecular flexibility index (Phi) is 4.57. The number of rotatable bonds is 5. The molecule has 0 spiro atoms. The van der Waals surface area contributed by atoms with Crippen LogP contribution in [0.5, 0.6) is 5.75 Å². The third-order valence-electron chi connectivity index (χ3n) is 4.73. The molecule has 0 bridgehead atoms. The first-order valence-corrected chi connectivity index (χ1v) is 8.89. The zero-order chi connectivity index (χ0) is 17.1. The molecule has 5 heteroatoms. The fraction of sp³-hybridized carbons (Fsp3) is 0.350. The van der Waals surface area contributed by atoms with Crippen LogP contribution in [0.3, 0.4) is 0 Å². The summed E-state index contributed by atoms with van der Waals surface area (Å²) in [5.41, 5.74) is 8.20. The molecule has 1 fully saturated rings. The Bertz CT molecular complexity index is 836. The lowest BCUT2D eigenvalue weighted by atomic mass is 10.1. The van der Waals surface area contributed by atoms with Gasteiger partial charge >= 0.3 is 0 Å². The van der Waals surface area contributed by atoms with Gasteiger partial charge in [-0.25, -0.2) is 4.98 Å². The second kappa shape index (κ2) is 7.15. The van der Waals surface area contributed by atoms with Crippen LogP contribution < -0.4 is 10.5 Å². The van der Waals surface area contributed by atoms with E-state index in [9.17, 15) is 0 Å². The molecule has 0 amide bonds. The highest BCUT2D eigenvalue weighted by Gasteiger charge is 2.11. The summed E-state index contributed by atoms with van der Waals surface area (Å²) in [6.45, 7) is 4.12. The van der Waals surface area contributed by atoms with Gasteiger partial charge in [0.25, 0.3) is 0 Å². The zero-order valence-electron chi connectivity index (χ0n) is 14.3. The van der Waals surface area contributed by atoms with Crippen LogP contribution in [0.25, 0.3) is 22.4 Å². The van der Waals surface area contributed by atoms with E-state index in [0.29, 0.717) is 11.4 Å².